The fraction of sp³-hybridized carbons (Fsp3) is 0.111. The molecule has 1 amide bonds. The van der Waals surface area contributed by atoms with Gasteiger partial charge in [-0.15, -0.1) is 0 Å². The molecule has 5 nitrogen and oxygen atoms in total. The number of nitrogens with zero attached hydrogens (tertiary/aromatic N) is 2. The molecule has 0 spiro atoms. The molecule has 0 aliphatic heterocycles. The molecule has 0 saturated carbocycles. The lowest BCUT2D eigenvalue weighted by Crippen LogP contribution is -2.29. The molecule has 0 saturated heterocycles. The average molecular weight is 307 g/mol. The van der Waals surface area contributed by atoms with Crippen LogP contribution < -0.4 is 5.32 Å². The summed E-state index contributed by atoms with van der Waals surface area (Å²) >= 11 is 0. The van der Waals surface area contributed by atoms with Gasteiger partial charge in [-0.3, -0.25) is 4.79 Å². The number of imidazole rings is 1. The van der Waals surface area contributed by atoms with E-state index in [2.05, 4.69) is 10.3 Å². The van der Waals surface area contributed by atoms with Gasteiger partial charge < -0.3 is 14.3 Å². The Morgan fingerprint density at radius 1 is 1.26 bits per heavy atom. The molecule has 3 rings (SSSR count). The van der Waals surface area contributed by atoms with Gasteiger partial charge in [-0.05, 0) is 23.8 Å². The van der Waals surface area contributed by atoms with Crippen LogP contribution in [0.4, 0.5) is 0 Å². The summed E-state index contributed by atoms with van der Waals surface area (Å²) in [6, 6.07) is 13.0. The highest BCUT2D eigenvalue weighted by Gasteiger charge is 2.19. The molecule has 5 heteroatoms. The maximum absolute atomic E-state index is 12.3. The number of aromatic nitrogens is 2. The number of hydrogen-bond acceptors (Lipinski definition) is 3. The molecule has 2 heterocycles. The number of benzene rings is 1. The third kappa shape index (κ3) is 3.58. The summed E-state index contributed by atoms with van der Waals surface area (Å²) in [6.07, 6.45) is 8.23. The highest BCUT2D eigenvalue weighted by molar-refractivity contribution is 5.91. The number of furan rings is 1. The Hall–Kier alpha value is -3.08. The number of hydrogen-bond donors (Lipinski definition) is 1. The summed E-state index contributed by atoms with van der Waals surface area (Å²) in [5.41, 5.74) is 0.974. The van der Waals surface area contributed by atoms with Crippen molar-refractivity contribution in [3.63, 3.8) is 0 Å². The molecule has 0 bridgehead atoms. The largest absolute Gasteiger partial charge is 0.465 e. The third-order valence-corrected chi connectivity index (χ3v) is 3.48. The molecule has 0 aliphatic rings. The van der Waals surface area contributed by atoms with Crippen molar-refractivity contribution in [2.45, 2.75) is 6.04 Å². The first-order valence-electron chi connectivity index (χ1n) is 7.28. The topological polar surface area (TPSA) is 60.1 Å². The van der Waals surface area contributed by atoms with Gasteiger partial charge in [-0.25, -0.2) is 4.98 Å². The van der Waals surface area contributed by atoms with E-state index in [1.165, 1.54) is 6.08 Å². The standard InChI is InChI=1S/C18H17N3O2/c1-21-12-11-19-18(21)17(14-6-3-2-4-7-14)20-16(22)10-9-15-8-5-13-23-15/h2-13,17H,1H3,(H,20,22)/b10-9+/t17-/m1/s1. The van der Waals surface area contributed by atoms with Crippen molar-refractivity contribution in [1.82, 2.24) is 14.9 Å². The fourth-order valence-electron chi connectivity index (χ4n) is 2.33. The van der Waals surface area contributed by atoms with Gasteiger partial charge in [-0.1, -0.05) is 30.3 Å². The number of carbonyl (C=O) groups excluding carboxylic acids is 1. The van der Waals surface area contributed by atoms with Crippen LogP contribution in [0.2, 0.25) is 0 Å². The van der Waals surface area contributed by atoms with E-state index < -0.39 is 0 Å². The van der Waals surface area contributed by atoms with Crippen LogP contribution >= 0.6 is 0 Å². The summed E-state index contributed by atoms with van der Waals surface area (Å²) in [7, 11) is 1.91. The lowest BCUT2D eigenvalue weighted by Gasteiger charge is -2.18. The second-order valence-electron chi connectivity index (χ2n) is 5.10. The van der Waals surface area contributed by atoms with Crippen molar-refractivity contribution in [2.24, 2.45) is 7.05 Å². The highest BCUT2D eigenvalue weighted by atomic mass is 16.3. The van der Waals surface area contributed by atoms with Gasteiger partial charge in [0.15, 0.2) is 0 Å². The Labute approximate surface area is 134 Å². The number of aryl methyl sites for hydroxylation is 1. The summed E-state index contributed by atoms with van der Waals surface area (Å²) in [5, 5.41) is 2.99. The van der Waals surface area contributed by atoms with E-state index in [4.69, 9.17) is 4.42 Å². The monoisotopic (exact) mass is 307 g/mol. The molecule has 23 heavy (non-hydrogen) atoms. The zero-order valence-electron chi connectivity index (χ0n) is 12.7. The van der Waals surface area contributed by atoms with E-state index in [1.54, 1.807) is 30.7 Å². The minimum absolute atomic E-state index is 0.210. The lowest BCUT2D eigenvalue weighted by atomic mass is 10.1. The van der Waals surface area contributed by atoms with Crippen LogP contribution in [-0.4, -0.2) is 15.5 Å². The van der Waals surface area contributed by atoms with Crippen molar-refractivity contribution < 1.29 is 9.21 Å². The molecule has 0 unspecified atom stereocenters. The van der Waals surface area contributed by atoms with E-state index in [0.717, 1.165) is 11.4 Å². The maximum Gasteiger partial charge on any atom is 0.244 e. The molecule has 2 aromatic heterocycles. The highest BCUT2D eigenvalue weighted by Crippen LogP contribution is 2.20. The molecule has 3 aromatic rings. The molecule has 1 aromatic carbocycles. The second-order valence-corrected chi connectivity index (χ2v) is 5.10. The summed E-state index contributed by atoms with van der Waals surface area (Å²) in [4.78, 5) is 16.6. The number of rotatable bonds is 5. The van der Waals surface area contributed by atoms with Crippen LogP contribution in [-0.2, 0) is 11.8 Å². The van der Waals surface area contributed by atoms with Crippen LogP contribution in [0.3, 0.4) is 0 Å². The van der Waals surface area contributed by atoms with Gasteiger partial charge in [0.25, 0.3) is 0 Å². The molecule has 0 radical (unpaired) electrons. The Morgan fingerprint density at radius 3 is 2.74 bits per heavy atom. The predicted molar refractivity (Wildman–Crippen MR) is 87.4 cm³/mol. The molecular formula is C18H17N3O2. The third-order valence-electron chi connectivity index (χ3n) is 3.48. The van der Waals surface area contributed by atoms with E-state index in [1.807, 2.05) is 48.1 Å². The predicted octanol–water partition coefficient (Wildman–Crippen LogP) is 2.93. The van der Waals surface area contributed by atoms with Crippen molar-refractivity contribution >= 4 is 12.0 Å². The van der Waals surface area contributed by atoms with Gasteiger partial charge in [0, 0.05) is 25.5 Å². The van der Waals surface area contributed by atoms with Gasteiger partial charge in [-0.2, -0.15) is 0 Å². The Morgan fingerprint density at radius 2 is 2.09 bits per heavy atom. The quantitative estimate of drug-likeness (QED) is 0.737. The van der Waals surface area contributed by atoms with Gasteiger partial charge in [0.1, 0.15) is 17.6 Å². The first kappa shape index (κ1) is 14.8. The van der Waals surface area contributed by atoms with Crippen LogP contribution in [0.15, 0.2) is 71.6 Å². The molecule has 0 fully saturated rings. The minimum Gasteiger partial charge on any atom is -0.465 e. The molecule has 0 aliphatic carbocycles. The molecule has 116 valence electrons. The van der Waals surface area contributed by atoms with E-state index >= 15 is 0 Å². The van der Waals surface area contributed by atoms with Crippen LogP contribution in [0, 0.1) is 0 Å². The van der Waals surface area contributed by atoms with Crippen molar-refractivity contribution in [1.29, 1.82) is 0 Å². The first-order chi connectivity index (χ1) is 11.2. The van der Waals surface area contributed by atoms with Crippen molar-refractivity contribution in [3.05, 3.63) is 84.3 Å². The van der Waals surface area contributed by atoms with Crippen LogP contribution in [0.5, 0.6) is 0 Å². The Bertz CT molecular complexity index is 789. The fourth-order valence-corrected chi connectivity index (χ4v) is 2.33. The summed E-state index contributed by atoms with van der Waals surface area (Å²) in [6.45, 7) is 0. The first-order valence-corrected chi connectivity index (χ1v) is 7.28. The Balaban J connectivity index is 1.82. The molecular weight excluding hydrogens is 290 g/mol. The van der Waals surface area contributed by atoms with Crippen LogP contribution in [0.25, 0.3) is 6.08 Å². The number of carbonyl (C=O) groups is 1. The maximum atomic E-state index is 12.3. The van der Waals surface area contributed by atoms with E-state index in [-0.39, 0.29) is 11.9 Å². The molecule has 1 N–H and O–H groups in total. The number of nitrogens with one attached hydrogen (secondary N) is 1. The SMILES string of the molecule is Cn1ccnc1[C@H](NC(=O)/C=C/c1ccco1)c1ccccc1. The van der Waals surface area contributed by atoms with Crippen LogP contribution in [0.1, 0.15) is 23.2 Å². The zero-order chi connectivity index (χ0) is 16.1. The van der Waals surface area contributed by atoms with Crippen molar-refractivity contribution in [3.8, 4) is 0 Å². The summed E-state index contributed by atoms with van der Waals surface area (Å²) in [5.74, 6) is 1.20. The normalized spacial score (nSPS) is 12.4. The lowest BCUT2D eigenvalue weighted by molar-refractivity contribution is -0.117. The average Bonchev–Trinajstić information content (AvgIpc) is 3.23. The minimum atomic E-state index is -0.315. The number of amides is 1. The van der Waals surface area contributed by atoms with Crippen molar-refractivity contribution in [2.75, 3.05) is 0 Å². The van der Waals surface area contributed by atoms with Gasteiger partial charge in [0.2, 0.25) is 5.91 Å². The van der Waals surface area contributed by atoms with Gasteiger partial charge >= 0.3 is 0 Å². The smallest absolute Gasteiger partial charge is 0.244 e. The summed E-state index contributed by atoms with van der Waals surface area (Å²) < 4.78 is 7.08. The molecule has 1 atom stereocenters. The second kappa shape index (κ2) is 6.79. The Kier molecular flexibility index (Phi) is 4.38. The van der Waals surface area contributed by atoms with E-state index in [9.17, 15) is 4.79 Å². The van der Waals surface area contributed by atoms with E-state index in [0.29, 0.717) is 5.76 Å². The zero-order valence-corrected chi connectivity index (χ0v) is 12.7. The van der Waals surface area contributed by atoms with Gasteiger partial charge in [0.05, 0.1) is 6.26 Å².